The summed E-state index contributed by atoms with van der Waals surface area (Å²) in [5.74, 6) is 0.871. The van der Waals surface area contributed by atoms with Crippen molar-refractivity contribution in [2.45, 2.75) is 6.92 Å². The Morgan fingerprint density at radius 3 is 1.52 bits per heavy atom. The zero-order valence-corrected chi connectivity index (χ0v) is 37.5. The highest BCUT2D eigenvalue weighted by Crippen LogP contribution is 2.45. The molecule has 0 saturated carbocycles. The number of rotatable bonds is 8. The lowest BCUT2D eigenvalue weighted by atomic mass is 9.85. The van der Waals surface area contributed by atoms with Gasteiger partial charge in [-0.2, -0.15) is 0 Å². The number of benzene rings is 10. The highest BCUT2D eigenvalue weighted by molar-refractivity contribution is 6.22. The van der Waals surface area contributed by atoms with Crippen LogP contribution in [0.2, 0.25) is 0 Å². The lowest BCUT2D eigenvalue weighted by molar-refractivity contribution is 0.415. The van der Waals surface area contributed by atoms with Crippen LogP contribution in [0.1, 0.15) is 6.92 Å². The summed E-state index contributed by atoms with van der Waals surface area (Å²) in [5, 5.41) is 12.3. The fourth-order valence-electron chi connectivity index (χ4n) is 9.15. The Morgan fingerprint density at radius 1 is 0.379 bits per heavy atom. The smallest absolute Gasteiger partial charge is 0.119 e. The van der Waals surface area contributed by atoms with Gasteiger partial charge >= 0.3 is 0 Å². The van der Waals surface area contributed by atoms with E-state index in [0.717, 1.165) is 5.75 Å². The van der Waals surface area contributed by atoms with Crippen LogP contribution in [0.25, 0.3) is 104 Å². The number of fused-ring (bicyclic) bond motifs is 7. The first kappa shape index (κ1) is 42.8. The van der Waals surface area contributed by atoms with Gasteiger partial charge in [0.2, 0.25) is 0 Å². The number of hydrogen-bond donors (Lipinski definition) is 0. The van der Waals surface area contributed by atoms with E-state index in [-0.39, 0.29) is 0 Å². The summed E-state index contributed by atoms with van der Waals surface area (Å²) in [6.07, 6.45) is 12.6. The quantitative estimate of drug-likeness (QED) is 0.110. The van der Waals surface area contributed by atoms with Crippen molar-refractivity contribution in [3.63, 3.8) is 0 Å². The molecule has 1 aromatic heterocycles. The molecule has 2 heteroatoms. The van der Waals surface area contributed by atoms with Gasteiger partial charge in [-0.1, -0.05) is 202 Å². The summed E-state index contributed by atoms with van der Waals surface area (Å²) < 4.78 is 7.91. The molecule has 11 aromatic rings. The molecule has 0 unspecified atom stereocenters. The molecule has 11 rings (SSSR count). The van der Waals surface area contributed by atoms with Crippen LogP contribution in [-0.2, 0) is 0 Å². The van der Waals surface area contributed by atoms with Crippen LogP contribution >= 0.6 is 0 Å². The molecule has 0 spiro atoms. The normalized spacial score (nSPS) is 11.2. The molecule has 0 amide bonds. The zero-order valence-electron chi connectivity index (χ0n) is 37.5. The maximum Gasteiger partial charge on any atom is 0.119 e. The number of ether oxygens (including phenoxy) is 1. The highest BCUT2D eigenvalue weighted by Gasteiger charge is 2.18. The van der Waals surface area contributed by atoms with Gasteiger partial charge in [-0.25, -0.2) is 0 Å². The van der Waals surface area contributed by atoms with E-state index < -0.39 is 0 Å². The number of aromatic nitrogens is 1. The van der Waals surface area contributed by atoms with Crippen LogP contribution in [0.3, 0.4) is 0 Å². The molecule has 0 aliphatic heterocycles. The second kappa shape index (κ2) is 19.5. The monoisotopic (exact) mass is 849 g/mol. The number of allylic oxidation sites excluding steroid dienone is 7. The van der Waals surface area contributed by atoms with E-state index in [1.807, 2.05) is 37.3 Å². The lowest BCUT2D eigenvalue weighted by Gasteiger charge is -2.18. The van der Waals surface area contributed by atoms with Crippen molar-refractivity contribution >= 4 is 64.9 Å². The second-order valence-corrected chi connectivity index (χ2v) is 16.1. The molecule has 0 fully saturated rings. The molecule has 0 aliphatic rings. The van der Waals surface area contributed by atoms with E-state index in [1.165, 1.54) is 104 Å². The van der Waals surface area contributed by atoms with Gasteiger partial charge in [-0.15, -0.1) is 0 Å². The van der Waals surface area contributed by atoms with Gasteiger partial charge < -0.3 is 9.30 Å². The Balaban J connectivity index is 0.000000448. The van der Waals surface area contributed by atoms with E-state index in [0.29, 0.717) is 0 Å². The minimum absolute atomic E-state index is 0.871. The Kier molecular flexibility index (Phi) is 12.7. The van der Waals surface area contributed by atoms with Gasteiger partial charge in [0.05, 0.1) is 18.1 Å². The molecule has 0 N–H and O–H groups in total. The molecule has 10 aromatic carbocycles. The summed E-state index contributed by atoms with van der Waals surface area (Å²) in [5.41, 5.74) is 10.9. The Morgan fingerprint density at radius 2 is 0.879 bits per heavy atom. The summed E-state index contributed by atoms with van der Waals surface area (Å²) in [6.45, 7) is 12.4. The summed E-state index contributed by atoms with van der Waals surface area (Å²) in [7, 11) is 1.72. The molecular formula is C64H51NO. The average Bonchev–Trinajstić information content (AvgIpc) is 3.71. The van der Waals surface area contributed by atoms with E-state index >= 15 is 0 Å². The molecule has 66 heavy (non-hydrogen) atoms. The van der Waals surface area contributed by atoms with Gasteiger partial charge in [0, 0.05) is 16.5 Å². The Bertz CT molecular complexity index is 3590. The van der Waals surface area contributed by atoms with Crippen molar-refractivity contribution in [1.82, 2.24) is 4.57 Å². The molecule has 0 bridgehead atoms. The topological polar surface area (TPSA) is 14.2 Å². The Hall–Kier alpha value is -8.46. The molecule has 1 heterocycles. The fourth-order valence-corrected chi connectivity index (χ4v) is 9.15. The van der Waals surface area contributed by atoms with Crippen LogP contribution in [0.5, 0.6) is 5.75 Å². The summed E-state index contributed by atoms with van der Waals surface area (Å²) in [4.78, 5) is 0. The maximum atomic E-state index is 5.51. The summed E-state index contributed by atoms with van der Waals surface area (Å²) >= 11 is 0. The third kappa shape index (κ3) is 8.36. The molecular weight excluding hydrogens is 799 g/mol. The molecule has 0 radical (unpaired) electrons. The van der Waals surface area contributed by atoms with Crippen molar-refractivity contribution in [3.05, 3.63) is 256 Å². The first-order chi connectivity index (χ1) is 32.5. The second-order valence-electron chi connectivity index (χ2n) is 16.1. The van der Waals surface area contributed by atoms with Crippen molar-refractivity contribution in [1.29, 1.82) is 0 Å². The number of hydrogen-bond acceptors (Lipinski definition) is 1. The van der Waals surface area contributed by atoms with Gasteiger partial charge in [0.25, 0.3) is 0 Å². The molecule has 0 aliphatic carbocycles. The fraction of sp³-hybridized carbons (Fsp3) is 0.0312. The van der Waals surface area contributed by atoms with Gasteiger partial charge in [0.15, 0.2) is 0 Å². The van der Waals surface area contributed by atoms with Crippen LogP contribution < -0.4 is 4.74 Å². The molecule has 0 saturated heterocycles. The highest BCUT2D eigenvalue weighted by atomic mass is 16.5. The maximum absolute atomic E-state index is 5.51. The number of methoxy groups -OCH3 is 1. The van der Waals surface area contributed by atoms with E-state index in [9.17, 15) is 0 Å². The third-order valence-electron chi connectivity index (χ3n) is 12.1. The van der Waals surface area contributed by atoms with Gasteiger partial charge in [-0.05, 0) is 138 Å². The number of para-hydroxylation sites is 1. The van der Waals surface area contributed by atoms with Crippen molar-refractivity contribution in [3.8, 4) is 44.8 Å². The van der Waals surface area contributed by atoms with Crippen LogP contribution in [-0.4, -0.2) is 11.7 Å². The summed E-state index contributed by atoms with van der Waals surface area (Å²) in [6, 6.07) is 71.1. The van der Waals surface area contributed by atoms with E-state index in [4.69, 9.17) is 4.74 Å². The Labute approximate surface area is 387 Å². The standard InChI is InChI=1S/C53H35NO.C6H8.C5H8/c1-55-43-27-24-37-30-41(22-21-38(37)32-43)53-47-18-6-4-16-45(47)52(46-17-5-7-19-48(46)53)40-14-10-13-35(29-40)39-25-28-51-49(33-39)44-15-8-9-20-50(44)54(51)42-26-23-34-11-2-3-12-36(34)31-42;1-3-5-6-4-2;1-3-5-4-2/h2-33H,1H3;3-6H,1-2H2;3-5H,1H2,2H3/b;6-5-;5-4-. The minimum atomic E-state index is 0.871. The molecule has 2 nitrogen and oxygen atoms in total. The predicted octanol–water partition coefficient (Wildman–Crippen LogP) is 18.1. The van der Waals surface area contributed by atoms with E-state index in [1.54, 1.807) is 25.3 Å². The van der Waals surface area contributed by atoms with Gasteiger partial charge in [0.1, 0.15) is 5.75 Å². The van der Waals surface area contributed by atoms with Crippen molar-refractivity contribution < 1.29 is 4.74 Å². The predicted molar refractivity (Wildman–Crippen MR) is 288 cm³/mol. The van der Waals surface area contributed by atoms with Crippen molar-refractivity contribution in [2.75, 3.05) is 7.11 Å². The largest absolute Gasteiger partial charge is 0.497 e. The number of nitrogens with zero attached hydrogens (tertiary/aromatic N) is 1. The lowest BCUT2D eigenvalue weighted by Crippen LogP contribution is -1.93. The first-order valence-electron chi connectivity index (χ1n) is 22.3. The third-order valence-corrected chi connectivity index (χ3v) is 12.1. The average molecular weight is 850 g/mol. The van der Waals surface area contributed by atoms with Crippen LogP contribution in [0.4, 0.5) is 0 Å². The van der Waals surface area contributed by atoms with Crippen molar-refractivity contribution in [2.24, 2.45) is 0 Å². The molecule has 318 valence electrons. The molecule has 0 atom stereocenters. The SMILES string of the molecule is C=C/C=C\C.C=C/C=C\C=C.COc1ccc2cc(-c3c4ccccc4c(-c4cccc(-c5ccc6c(c5)c5ccccc5n6-c5ccc6ccccc6c5)c4)c4ccccc34)ccc2c1. The zero-order chi connectivity index (χ0) is 45.4. The van der Waals surface area contributed by atoms with E-state index in [2.05, 4.69) is 212 Å². The van der Waals surface area contributed by atoms with Crippen LogP contribution in [0, 0.1) is 0 Å². The van der Waals surface area contributed by atoms with Crippen LogP contribution in [0.15, 0.2) is 256 Å². The minimum Gasteiger partial charge on any atom is -0.497 e. The van der Waals surface area contributed by atoms with Gasteiger partial charge in [-0.3, -0.25) is 0 Å². The first-order valence-corrected chi connectivity index (χ1v) is 22.3.